The molecule has 0 saturated heterocycles. The fraction of sp³-hybridized carbons (Fsp3) is 0.556. The Labute approximate surface area is 215 Å². The van der Waals surface area contributed by atoms with Gasteiger partial charge in [-0.05, 0) is 49.3 Å². The van der Waals surface area contributed by atoms with Gasteiger partial charge in [0.05, 0.1) is 19.6 Å². The monoisotopic (exact) mass is 515 g/mol. The van der Waals surface area contributed by atoms with Crippen LogP contribution in [-0.4, -0.2) is 56.5 Å². The lowest BCUT2D eigenvalue weighted by atomic mass is 9.72. The van der Waals surface area contributed by atoms with Gasteiger partial charge in [0.1, 0.15) is 30.6 Å². The van der Waals surface area contributed by atoms with E-state index in [2.05, 4.69) is 5.32 Å². The zero-order chi connectivity index (χ0) is 26.7. The van der Waals surface area contributed by atoms with E-state index in [4.69, 9.17) is 23.7 Å². The van der Waals surface area contributed by atoms with Crippen molar-refractivity contribution >= 4 is 24.0 Å². The van der Waals surface area contributed by atoms with Crippen LogP contribution in [0.3, 0.4) is 0 Å². The van der Waals surface area contributed by atoms with Crippen molar-refractivity contribution in [1.29, 1.82) is 0 Å². The molecule has 1 aliphatic heterocycles. The average molecular weight is 516 g/mol. The minimum Gasteiger partial charge on any atom is -0.496 e. The van der Waals surface area contributed by atoms with Gasteiger partial charge in [0, 0.05) is 17.6 Å². The van der Waals surface area contributed by atoms with Gasteiger partial charge in [-0.3, -0.25) is 4.79 Å². The molecule has 1 saturated carbocycles. The van der Waals surface area contributed by atoms with Crippen LogP contribution in [0, 0.1) is 23.7 Å². The molecule has 1 amide bonds. The van der Waals surface area contributed by atoms with Gasteiger partial charge >= 0.3 is 24.0 Å². The standard InChI is InChI=1S/C27H33NO9/c1-5-34-25(30)22-17-12-16-15(8-6-9-19(16)33-4)24-18(17)13-20(22)36-26(31)23(14(2)3)28-27(32)35-11-7-10-21(29)37-24/h6-10,14,17-18,20,22-24H,5,11-13H2,1-4H3,(H,28,32)/t17-,18+,20-,22+,23+,24+/m1/s1. The van der Waals surface area contributed by atoms with Crippen molar-refractivity contribution < 1.29 is 42.9 Å². The molecular formula is C27H33NO9. The van der Waals surface area contributed by atoms with E-state index in [0.29, 0.717) is 12.2 Å². The quantitative estimate of drug-likeness (QED) is 0.476. The number of amides is 1. The molecule has 1 N–H and O–H groups in total. The third-order valence-electron chi connectivity index (χ3n) is 7.27. The van der Waals surface area contributed by atoms with Gasteiger partial charge in [0.25, 0.3) is 0 Å². The largest absolute Gasteiger partial charge is 0.496 e. The SMILES string of the molecule is CCOC(=O)[C@H]1[C@@H]2Cc3c(OC)cccc3[C@@H]3OC(=O)C=CCOC(=O)N[C@@H](C(C)C)C(=O)O[C@@H]1C[C@@H]23. The highest BCUT2D eigenvalue weighted by Gasteiger charge is 2.56. The van der Waals surface area contributed by atoms with E-state index in [9.17, 15) is 19.2 Å². The molecule has 3 aliphatic rings. The fourth-order valence-electron chi connectivity index (χ4n) is 5.64. The molecule has 1 aromatic carbocycles. The maximum absolute atomic E-state index is 13.3. The predicted molar refractivity (Wildman–Crippen MR) is 129 cm³/mol. The van der Waals surface area contributed by atoms with Gasteiger partial charge in [0.15, 0.2) is 0 Å². The summed E-state index contributed by atoms with van der Waals surface area (Å²) in [5.41, 5.74) is 1.63. The second-order valence-corrected chi connectivity index (χ2v) is 9.77. The number of methoxy groups -OCH3 is 1. The zero-order valence-electron chi connectivity index (χ0n) is 21.4. The first-order valence-corrected chi connectivity index (χ1v) is 12.6. The molecule has 6 atom stereocenters. The topological polar surface area (TPSA) is 126 Å². The highest BCUT2D eigenvalue weighted by Crippen LogP contribution is 2.54. The van der Waals surface area contributed by atoms with Crippen molar-refractivity contribution in [2.45, 2.75) is 51.9 Å². The summed E-state index contributed by atoms with van der Waals surface area (Å²) in [6.07, 6.45) is 0.962. The molecule has 4 rings (SSSR count). The summed E-state index contributed by atoms with van der Waals surface area (Å²) < 4.78 is 27.9. The first-order valence-electron chi connectivity index (χ1n) is 12.6. The highest BCUT2D eigenvalue weighted by atomic mass is 16.6. The molecular weight excluding hydrogens is 482 g/mol. The normalized spacial score (nSPS) is 29.6. The van der Waals surface area contributed by atoms with Crippen LogP contribution in [0.5, 0.6) is 5.75 Å². The molecule has 0 aromatic heterocycles. The average Bonchev–Trinajstić information content (AvgIpc) is 3.21. The van der Waals surface area contributed by atoms with E-state index in [-0.39, 0.29) is 37.4 Å². The fourth-order valence-corrected chi connectivity index (χ4v) is 5.64. The molecule has 37 heavy (non-hydrogen) atoms. The smallest absolute Gasteiger partial charge is 0.408 e. The summed E-state index contributed by atoms with van der Waals surface area (Å²) in [6, 6.07) is 4.54. The Bertz CT molecular complexity index is 1080. The van der Waals surface area contributed by atoms with Gasteiger partial charge in [-0.25, -0.2) is 14.4 Å². The number of hydrogen-bond acceptors (Lipinski definition) is 9. The second kappa shape index (κ2) is 11.2. The van der Waals surface area contributed by atoms with E-state index in [1.54, 1.807) is 27.9 Å². The molecule has 0 unspecified atom stereocenters. The molecule has 200 valence electrons. The minimum atomic E-state index is -0.988. The van der Waals surface area contributed by atoms with E-state index >= 15 is 0 Å². The van der Waals surface area contributed by atoms with Crippen molar-refractivity contribution in [3.05, 3.63) is 41.5 Å². The van der Waals surface area contributed by atoms with Crippen molar-refractivity contribution in [2.75, 3.05) is 20.3 Å². The molecule has 1 aromatic rings. The summed E-state index contributed by atoms with van der Waals surface area (Å²) in [7, 11) is 1.56. The third kappa shape index (κ3) is 5.42. The molecule has 10 heteroatoms. The van der Waals surface area contributed by atoms with Crippen LogP contribution in [0.4, 0.5) is 4.79 Å². The Morgan fingerprint density at radius 2 is 1.95 bits per heavy atom. The number of carbonyl (C=O) groups excluding carboxylic acids is 4. The first-order chi connectivity index (χ1) is 17.7. The van der Waals surface area contributed by atoms with Gasteiger partial charge < -0.3 is 29.0 Å². The number of benzene rings is 1. The summed E-state index contributed by atoms with van der Waals surface area (Å²) in [6.45, 7) is 5.23. The molecule has 1 fully saturated rings. The van der Waals surface area contributed by atoms with Crippen molar-refractivity contribution in [3.8, 4) is 5.75 Å². The van der Waals surface area contributed by atoms with Crippen molar-refractivity contribution in [3.63, 3.8) is 0 Å². The lowest BCUT2D eigenvalue weighted by Gasteiger charge is -2.36. The first kappa shape index (κ1) is 26.5. The lowest BCUT2D eigenvalue weighted by Crippen LogP contribution is -2.47. The van der Waals surface area contributed by atoms with Crippen molar-refractivity contribution in [1.82, 2.24) is 5.32 Å². The summed E-state index contributed by atoms with van der Waals surface area (Å²) in [5.74, 6) is -2.86. The van der Waals surface area contributed by atoms with E-state index in [1.165, 1.54) is 12.2 Å². The number of esters is 3. The molecule has 2 bridgehead atoms. The van der Waals surface area contributed by atoms with Gasteiger partial charge in [-0.1, -0.05) is 26.0 Å². The van der Waals surface area contributed by atoms with Crippen LogP contribution in [0.25, 0.3) is 0 Å². The van der Waals surface area contributed by atoms with Crippen LogP contribution < -0.4 is 10.1 Å². The van der Waals surface area contributed by atoms with Gasteiger partial charge in [-0.2, -0.15) is 0 Å². The van der Waals surface area contributed by atoms with Crippen LogP contribution in [0.15, 0.2) is 30.4 Å². The van der Waals surface area contributed by atoms with E-state index < -0.39 is 48.2 Å². The Morgan fingerprint density at radius 3 is 2.65 bits per heavy atom. The molecule has 0 spiro atoms. The summed E-state index contributed by atoms with van der Waals surface area (Å²) >= 11 is 0. The Kier molecular flexibility index (Phi) is 8.04. The van der Waals surface area contributed by atoms with Crippen LogP contribution in [0.1, 0.15) is 44.4 Å². The number of ether oxygens (including phenoxy) is 5. The summed E-state index contributed by atoms with van der Waals surface area (Å²) in [4.78, 5) is 51.5. The van der Waals surface area contributed by atoms with Crippen LogP contribution in [-0.2, 0) is 39.8 Å². The van der Waals surface area contributed by atoms with Crippen molar-refractivity contribution in [2.24, 2.45) is 23.7 Å². The molecule has 1 heterocycles. The maximum atomic E-state index is 13.3. The number of hydrogen-bond donors (Lipinski definition) is 1. The van der Waals surface area contributed by atoms with E-state index in [0.717, 1.165) is 11.1 Å². The molecule has 2 aliphatic carbocycles. The van der Waals surface area contributed by atoms with E-state index in [1.807, 2.05) is 18.2 Å². The van der Waals surface area contributed by atoms with Crippen LogP contribution >= 0.6 is 0 Å². The second-order valence-electron chi connectivity index (χ2n) is 9.77. The molecule has 10 nitrogen and oxygen atoms in total. The summed E-state index contributed by atoms with van der Waals surface area (Å²) in [5, 5.41) is 2.53. The Morgan fingerprint density at radius 1 is 1.16 bits per heavy atom. The minimum absolute atomic E-state index is 0.165. The highest BCUT2D eigenvalue weighted by molar-refractivity contribution is 5.84. The number of fused-ring (bicyclic) bond motifs is 3. The maximum Gasteiger partial charge on any atom is 0.408 e. The van der Waals surface area contributed by atoms with Gasteiger partial charge in [0.2, 0.25) is 0 Å². The van der Waals surface area contributed by atoms with Crippen LogP contribution in [0.2, 0.25) is 0 Å². The number of nitrogens with one attached hydrogen (secondary N) is 1. The predicted octanol–water partition coefficient (Wildman–Crippen LogP) is 2.88. The number of rotatable bonds is 4. The number of alkyl carbamates (subject to hydrolysis) is 1. The Hall–Kier alpha value is -3.56. The van der Waals surface area contributed by atoms with Gasteiger partial charge in [-0.15, -0.1) is 0 Å². The third-order valence-corrected chi connectivity index (χ3v) is 7.27. The number of cyclic esters (lactones) is 1. The molecule has 0 radical (unpaired) electrons. The number of carbonyl (C=O) groups is 4. The lowest BCUT2D eigenvalue weighted by molar-refractivity contribution is -0.163. The zero-order valence-corrected chi connectivity index (χ0v) is 21.4. The Balaban J connectivity index is 1.79.